The highest BCUT2D eigenvalue weighted by Crippen LogP contribution is 2.24. The minimum absolute atomic E-state index is 0.290. The highest BCUT2D eigenvalue weighted by molar-refractivity contribution is 7.12. The lowest BCUT2D eigenvalue weighted by molar-refractivity contribution is 0.893. The van der Waals surface area contributed by atoms with Gasteiger partial charge < -0.3 is 5.32 Å². The first-order valence-electron chi connectivity index (χ1n) is 4.84. The van der Waals surface area contributed by atoms with Crippen LogP contribution < -0.4 is 5.32 Å². The van der Waals surface area contributed by atoms with Gasteiger partial charge >= 0.3 is 0 Å². The van der Waals surface area contributed by atoms with E-state index in [-0.39, 0.29) is 0 Å². The third-order valence-corrected chi connectivity index (χ3v) is 3.32. The van der Waals surface area contributed by atoms with Crippen molar-refractivity contribution in [3.05, 3.63) is 40.5 Å². The minimum atomic E-state index is 0.290. The number of hydrogen-bond donors (Lipinski definition) is 1. The van der Waals surface area contributed by atoms with Gasteiger partial charge in [-0.25, -0.2) is 9.97 Å². The van der Waals surface area contributed by atoms with Crippen molar-refractivity contribution in [3.63, 3.8) is 0 Å². The maximum Gasteiger partial charge on any atom is 0.129 e. The molecule has 2 aromatic heterocycles. The SMILES string of the molecule is Cc1ccc(C(C)Nc2ccncn2)s1. The molecule has 2 heterocycles. The van der Waals surface area contributed by atoms with Crippen LogP contribution >= 0.6 is 11.3 Å². The Hall–Kier alpha value is -1.42. The van der Waals surface area contributed by atoms with Gasteiger partial charge in [-0.1, -0.05) is 0 Å². The van der Waals surface area contributed by atoms with Crippen LogP contribution in [0.15, 0.2) is 30.7 Å². The second kappa shape index (κ2) is 4.40. The summed E-state index contributed by atoms with van der Waals surface area (Å²) in [5.41, 5.74) is 0. The zero-order valence-electron chi connectivity index (χ0n) is 8.77. The van der Waals surface area contributed by atoms with Crippen molar-refractivity contribution in [3.8, 4) is 0 Å². The van der Waals surface area contributed by atoms with Gasteiger partial charge in [0.05, 0.1) is 6.04 Å². The molecular weight excluding hydrogens is 206 g/mol. The van der Waals surface area contributed by atoms with Crippen LogP contribution in [0.5, 0.6) is 0 Å². The van der Waals surface area contributed by atoms with E-state index in [4.69, 9.17) is 0 Å². The first-order chi connectivity index (χ1) is 7.25. The molecule has 0 radical (unpaired) electrons. The molecule has 0 saturated heterocycles. The Bertz CT molecular complexity index is 424. The zero-order valence-corrected chi connectivity index (χ0v) is 9.58. The van der Waals surface area contributed by atoms with Crippen molar-refractivity contribution < 1.29 is 0 Å². The molecule has 78 valence electrons. The van der Waals surface area contributed by atoms with E-state index in [0.717, 1.165) is 5.82 Å². The second-order valence-electron chi connectivity index (χ2n) is 3.41. The molecule has 0 aromatic carbocycles. The highest BCUT2D eigenvalue weighted by Gasteiger charge is 2.07. The summed E-state index contributed by atoms with van der Waals surface area (Å²) < 4.78 is 0. The number of nitrogens with one attached hydrogen (secondary N) is 1. The number of aryl methyl sites for hydroxylation is 1. The maximum absolute atomic E-state index is 4.13. The smallest absolute Gasteiger partial charge is 0.129 e. The van der Waals surface area contributed by atoms with Crippen molar-refractivity contribution in [2.45, 2.75) is 19.9 Å². The highest BCUT2D eigenvalue weighted by atomic mass is 32.1. The van der Waals surface area contributed by atoms with Crippen LogP contribution in [0.2, 0.25) is 0 Å². The molecule has 0 fully saturated rings. The topological polar surface area (TPSA) is 37.8 Å². The van der Waals surface area contributed by atoms with Crippen LogP contribution in [0.1, 0.15) is 22.7 Å². The molecule has 0 amide bonds. The van der Waals surface area contributed by atoms with Crippen molar-refractivity contribution in [1.82, 2.24) is 9.97 Å². The van der Waals surface area contributed by atoms with Gasteiger partial charge in [0.1, 0.15) is 12.1 Å². The minimum Gasteiger partial charge on any atom is -0.363 e. The Morgan fingerprint density at radius 3 is 2.80 bits per heavy atom. The van der Waals surface area contributed by atoms with E-state index >= 15 is 0 Å². The molecule has 0 aliphatic rings. The Morgan fingerprint density at radius 2 is 2.20 bits per heavy atom. The first kappa shape index (κ1) is 10.1. The molecule has 3 nitrogen and oxygen atoms in total. The predicted molar refractivity (Wildman–Crippen MR) is 63.1 cm³/mol. The van der Waals surface area contributed by atoms with Crippen LogP contribution in [0.4, 0.5) is 5.82 Å². The normalized spacial score (nSPS) is 12.4. The summed E-state index contributed by atoms with van der Waals surface area (Å²) >= 11 is 1.81. The Labute approximate surface area is 93.2 Å². The van der Waals surface area contributed by atoms with Crippen LogP contribution in [0.3, 0.4) is 0 Å². The molecule has 2 rings (SSSR count). The fraction of sp³-hybridized carbons (Fsp3) is 0.273. The lowest BCUT2D eigenvalue weighted by atomic mass is 10.3. The summed E-state index contributed by atoms with van der Waals surface area (Å²) in [4.78, 5) is 10.7. The predicted octanol–water partition coefficient (Wildman–Crippen LogP) is 3.02. The molecule has 1 atom stereocenters. The molecule has 15 heavy (non-hydrogen) atoms. The third kappa shape index (κ3) is 2.53. The Balaban J connectivity index is 2.07. The number of anilines is 1. The molecule has 0 aliphatic carbocycles. The Morgan fingerprint density at radius 1 is 1.33 bits per heavy atom. The van der Waals surface area contributed by atoms with E-state index in [0.29, 0.717) is 6.04 Å². The molecule has 0 aliphatic heterocycles. The van der Waals surface area contributed by atoms with Gasteiger partial charge in [-0.2, -0.15) is 0 Å². The molecule has 0 saturated carbocycles. The summed E-state index contributed by atoms with van der Waals surface area (Å²) in [5, 5.41) is 3.33. The fourth-order valence-electron chi connectivity index (χ4n) is 1.36. The van der Waals surface area contributed by atoms with Gasteiger partial charge in [-0.3, -0.25) is 0 Å². The van der Waals surface area contributed by atoms with Crippen molar-refractivity contribution >= 4 is 17.2 Å². The van der Waals surface area contributed by atoms with E-state index in [1.54, 1.807) is 12.5 Å². The molecular formula is C11H13N3S. The summed E-state index contributed by atoms with van der Waals surface area (Å²) in [5.74, 6) is 0.864. The van der Waals surface area contributed by atoms with E-state index in [1.807, 2.05) is 17.4 Å². The average molecular weight is 219 g/mol. The fourth-order valence-corrected chi connectivity index (χ4v) is 2.23. The molecule has 1 N–H and O–H groups in total. The Kier molecular flexibility index (Phi) is 2.97. The monoisotopic (exact) mass is 219 g/mol. The standard InChI is InChI=1S/C11H13N3S/c1-8-3-4-10(15-8)9(2)14-11-5-6-12-7-13-11/h3-7,9H,1-2H3,(H,12,13,14). The quantitative estimate of drug-likeness (QED) is 0.862. The van der Waals surface area contributed by atoms with Gasteiger partial charge in [0.2, 0.25) is 0 Å². The summed E-state index contributed by atoms with van der Waals surface area (Å²) in [6, 6.07) is 6.45. The van der Waals surface area contributed by atoms with Crippen LogP contribution in [-0.4, -0.2) is 9.97 Å². The van der Waals surface area contributed by atoms with Crippen LogP contribution in [0.25, 0.3) is 0 Å². The van der Waals surface area contributed by atoms with Crippen LogP contribution in [-0.2, 0) is 0 Å². The maximum atomic E-state index is 4.13. The van der Waals surface area contributed by atoms with Crippen molar-refractivity contribution in [2.24, 2.45) is 0 Å². The zero-order chi connectivity index (χ0) is 10.7. The van der Waals surface area contributed by atoms with Gasteiger partial charge in [0.25, 0.3) is 0 Å². The molecule has 0 bridgehead atoms. The molecule has 2 aromatic rings. The number of aromatic nitrogens is 2. The summed E-state index contributed by atoms with van der Waals surface area (Å²) in [7, 11) is 0. The number of hydrogen-bond acceptors (Lipinski definition) is 4. The van der Waals surface area contributed by atoms with E-state index < -0.39 is 0 Å². The third-order valence-electron chi connectivity index (χ3n) is 2.13. The number of rotatable bonds is 3. The number of nitrogens with zero attached hydrogens (tertiary/aromatic N) is 2. The lowest BCUT2D eigenvalue weighted by Crippen LogP contribution is -2.05. The van der Waals surface area contributed by atoms with Crippen molar-refractivity contribution in [1.29, 1.82) is 0 Å². The lowest BCUT2D eigenvalue weighted by Gasteiger charge is -2.11. The summed E-state index contributed by atoms with van der Waals surface area (Å²) in [6.07, 6.45) is 3.29. The average Bonchev–Trinajstić information content (AvgIpc) is 2.66. The first-order valence-corrected chi connectivity index (χ1v) is 5.66. The number of thiophene rings is 1. The summed E-state index contributed by atoms with van der Waals surface area (Å²) in [6.45, 7) is 4.25. The molecule has 1 unspecified atom stereocenters. The van der Waals surface area contributed by atoms with Crippen molar-refractivity contribution in [2.75, 3.05) is 5.32 Å². The van der Waals surface area contributed by atoms with Gasteiger partial charge in [-0.15, -0.1) is 11.3 Å². The largest absolute Gasteiger partial charge is 0.363 e. The van der Waals surface area contributed by atoms with Gasteiger partial charge in [-0.05, 0) is 32.0 Å². The van der Waals surface area contributed by atoms with E-state index in [1.165, 1.54) is 9.75 Å². The molecule has 0 spiro atoms. The van der Waals surface area contributed by atoms with Gasteiger partial charge in [0, 0.05) is 16.0 Å². The van der Waals surface area contributed by atoms with E-state index in [9.17, 15) is 0 Å². The van der Waals surface area contributed by atoms with Crippen LogP contribution in [0, 0.1) is 6.92 Å². The molecule has 4 heteroatoms. The van der Waals surface area contributed by atoms with Gasteiger partial charge in [0.15, 0.2) is 0 Å². The second-order valence-corrected chi connectivity index (χ2v) is 4.73. The van der Waals surface area contributed by atoms with E-state index in [2.05, 4.69) is 41.3 Å².